The molecule has 1 heterocycles. The summed E-state index contributed by atoms with van der Waals surface area (Å²) in [7, 11) is 0. The van der Waals surface area contributed by atoms with Crippen LogP contribution in [0.25, 0.3) is 0 Å². The van der Waals surface area contributed by atoms with Gasteiger partial charge in [0.2, 0.25) is 6.54 Å². The van der Waals surface area contributed by atoms with Gasteiger partial charge in [-0.3, -0.25) is 4.79 Å². The lowest BCUT2D eigenvalue weighted by Gasteiger charge is -2.08. The van der Waals surface area contributed by atoms with E-state index in [0.29, 0.717) is 20.8 Å². The molecular weight excluding hydrogens is 343 g/mol. The maximum atomic E-state index is 12.2. The number of nitrogens with one attached hydrogen (secondary N) is 1. The number of carbonyl (C=O) groups excluding carboxylic acids is 1. The molecule has 0 bridgehead atoms. The monoisotopic (exact) mass is 357 g/mol. The Bertz CT molecular complexity index is 717. The van der Waals surface area contributed by atoms with E-state index >= 15 is 0 Å². The Morgan fingerprint density at radius 2 is 1.82 bits per heavy atom. The lowest BCUT2D eigenvalue weighted by Crippen LogP contribution is -2.43. The third-order valence-corrected chi connectivity index (χ3v) is 4.35. The van der Waals surface area contributed by atoms with Crippen LogP contribution in [0.1, 0.15) is 18.2 Å². The Labute approximate surface area is 144 Å². The molecule has 0 spiro atoms. The number of nitrogens with zero attached hydrogens (tertiary/aromatic N) is 1. The highest BCUT2D eigenvalue weighted by atomic mass is 35.5. The largest absolute Gasteiger partial charge is 0.319 e. The average molecular weight is 359 g/mol. The first kappa shape index (κ1) is 17.1. The number of pyridine rings is 1. The van der Waals surface area contributed by atoms with Crippen molar-refractivity contribution in [3.8, 4) is 0 Å². The number of aromatic nitrogens is 1. The minimum Gasteiger partial charge on any atom is -0.319 e. The van der Waals surface area contributed by atoms with E-state index in [9.17, 15) is 4.79 Å². The van der Waals surface area contributed by atoms with Crippen LogP contribution in [0.15, 0.2) is 30.5 Å². The number of amides is 1. The van der Waals surface area contributed by atoms with E-state index < -0.39 is 0 Å². The van der Waals surface area contributed by atoms with Crippen molar-refractivity contribution < 1.29 is 9.36 Å². The Morgan fingerprint density at radius 3 is 2.50 bits per heavy atom. The van der Waals surface area contributed by atoms with E-state index in [4.69, 9.17) is 34.8 Å². The Hall–Kier alpha value is -1.29. The summed E-state index contributed by atoms with van der Waals surface area (Å²) in [5, 5.41) is 3.81. The van der Waals surface area contributed by atoms with Crippen LogP contribution in [0.2, 0.25) is 15.1 Å². The van der Waals surface area contributed by atoms with Gasteiger partial charge in [-0.1, -0.05) is 41.7 Å². The topological polar surface area (TPSA) is 33.0 Å². The van der Waals surface area contributed by atoms with E-state index in [0.717, 1.165) is 12.1 Å². The summed E-state index contributed by atoms with van der Waals surface area (Å²) in [6, 6.07) is 7.11. The number of benzene rings is 1. The molecule has 1 N–H and O–H groups in total. The second-order valence-electron chi connectivity index (χ2n) is 4.95. The van der Waals surface area contributed by atoms with Crippen molar-refractivity contribution in [2.45, 2.75) is 26.8 Å². The van der Waals surface area contributed by atoms with E-state index in [2.05, 4.69) is 18.3 Å². The average Bonchev–Trinajstić information content (AvgIpc) is 2.47. The van der Waals surface area contributed by atoms with Gasteiger partial charge in [0.25, 0.3) is 5.91 Å². The predicted molar refractivity (Wildman–Crippen MR) is 90.9 cm³/mol. The summed E-state index contributed by atoms with van der Waals surface area (Å²) < 4.78 is 1.90. The highest BCUT2D eigenvalue weighted by Crippen LogP contribution is 2.32. The Morgan fingerprint density at radius 1 is 1.14 bits per heavy atom. The molecule has 0 saturated carbocycles. The zero-order valence-electron chi connectivity index (χ0n) is 12.3. The molecule has 0 aliphatic rings. The number of carbonyl (C=O) groups is 1. The number of aryl methyl sites for hydroxylation is 2. The van der Waals surface area contributed by atoms with Gasteiger partial charge < -0.3 is 5.32 Å². The summed E-state index contributed by atoms with van der Waals surface area (Å²) in [5.74, 6) is -0.179. The Kier molecular flexibility index (Phi) is 5.68. The number of halogens is 3. The molecule has 0 fully saturated rings. The van der Waals surface area contributed by atoms with Crippen molar-refractivity contribution in [1.82, 2.24) is 0 Å². The quantitative estimate of drug-likeness (QED) is 0.636. The summed E-state index contributed by atoms with van der Waals surface area (Å²) in [4.78, 5) is 12.2. The fourth-order valence-corrected chi connectivity index (χ4v) is 2.60. The first-order chi connectivity index (χ1) is 10.4. The zero-order valence-corrected chi connectivity index (χ0v) is 14.6. The summed E-state index contributed by atoms with van der Waals surface area (Å²) in [6.07, 6.45) is 2.89. The number of hydrogen-bond acceptors (Lipinski definition) is 1. The molecule has 0 aliphatic carbocycles. The summed E-state index contributed by atoms with van der Waals surface area (Å²) in [6.45, 7) is 4.24. The van der Waals surface area contributed by atoms with Crippen LogP contribution < -0.4 is 9.88 Å². The molecule has 1 amide bonds. The fraction of sp³-hybridized carbons (Fsp3) is 0.250. The first-order valence-electron chi connectivity index (χ1n) is 6.84. The summed E-state index contributed by atoms with van der Waals surface area (Å²) >= 11 is 17.9. The third-order valence-electron chi connectivity index (χ3n) is 3.32. The van der Waals surface area contributed by atoms with E-state index in [1.807, 2.05) is 23.8 Å². The van der Waals surface area contributed by atoms with Gasteiger partial charge in [0.05, 0.1) is 20.8 Å². The van der Waals surface area contributed by atoms with Gasteiger partial charge in [-0.05, 0) is 24.6 Å². The molecule has 0 saturated heterocycles. The van der Waals surface area contributed by atoms with Crippen LogP contribution in [0.4, 0.5) is 5.69 Å². The molecule has 2 rings (SSSR count). The van der Waals surface area contributed by atoms with Gasteiger partial charge in [-0.25, -0.2) is 0 Å². The van der Waals surface area contributed by atoms with Gasteiger partial charge in [0, 0.05) is 18.6 Å². The highest BCUT2D eigenvalue weighted by molar-refractivity contribution is 6.44. The standard InChI is InChI=1S/C16H15Cl3N2O/c1-3-11-5-4-10(2)21(8-11)9-16(22)20-15-7-13(18)12(17)6-14(15)19/h4-8H,3,9H2,1-2H3/p+1. The maximum Gasteiger partial charge on any atom is 0.290 e. The lowest BCUT2D eigenvalue weighted by molar-refractivity contribution is -0.690. The molecule has 1 aromatic carbocycles. The van der Waals surface area contributed by atoms with E-state index in [-0.39, 0.29) is 12.5 Å². The third kappa shape index (κ3) is 4.13. The van der Waals surface area contributed by atoms with Crippen molar-refractivity contribution in [2.75, 3.05) is 5.32 Å². The van der Waals surface area contributed by atoms with Crippen molar-refractivity contribution in [1.29, 1.82) is 0 Å². The van der Waals surface area contributed by atoms with Crippen molar-refractivity contribution in [3.05, 3.63) is 56.8 Å². The molecule has 0 unspecified atom stereocenters. The van der Waals surface area contributed by atoms with E-state index in [1.165, 1.54) is 11.6 Å². The number of rotatable bonds is 4. The van der Waals surface area contributed by atoms with Crippen LogP contribution in [0.3, 0.4) is 0 Å². The normalized spacial score (nSPS) is 10.6. The van der Waals surface area contributed by atoms with Crippen molar-refractivity contribution >= 4 is 46.4 Å². The minimum atomic E-state index is -0.179. The smallest absolute Gasteiger partial charge is 0.290 e. The van der Waals surface area contributed by atoms with E-state index in [1.54, 1.807) is 6.07 Å². The molecule has 22 heavy (non-hydrogen) atoms. The Balaban J connectivity index is 2.15. The van der Waals surface area contributed by atoms with Gasteiger partial charge in [-0.2, -0.15) is 4.57 Å². The molecule has 116 valence electrons. The van der Waals surface area contributed by atoms with Gasteiger partial charge in [0.1, 0.15) is 0 Å². The number of anilines is 1. The second kappa shape index (κ2) is 7.32. The van der Waals surface area contributed by atoms with Crippen molar-refractivity contribution in [3.63, 3.8) is 0 Å². The maximum absolute atomic E-state index is 12.2. The molecule has 0 radical (unpaired) electrons. The lowest BCUT2D eigenvalue weighted by atomic mass is 10.2. The van der Waals surface area contributed by atoms with Gasteiger partial charge in [-0.15, -0.1) is 0 Å². The van der Waals surface area contributed by atoms with Crippen molar-refractivity contribution in [2.24, 2.45) is 0 Å². The summed E-state index contributed by atoms with van der Waals surface area (Å²) in [5.41, 5.74) is 2.63. The zero-order chi connectivity index (χ0) is 16.3. The number of hydrogen-bond donors (Lipinski definition) is 1. The van der Waals surface area contributed by atoms with Crippen LogP contribution in [-0.4, -0.2) is 5.91 Å². The van der Waals surface area contributed by atoms with Crippen LogP contribution in [-0.2, 0) is 17.8 Å². The fourth-order valence-electron chi connectivity index (χ4n) is 2.01. The molecule has 0 atom stereocenters. The van der Waals surface area contributed by atoms with Crippen LogP contribution in [0.5, 0.6) is 0 Å². The highest BCUT2D eigenvalue weighted by Gasteiger charge is 2.15. The second-order valence-corrected chi connectivity index (χ2v) is 6.18. The molecule has 0 aliphatic heterocycles. The molecule has 3 nitrogen and oxygen atoms in total. The predicted octanol–water partition coefficient (Wildman–Crippen LogP) is 4.44. The molecular formula is C16H16Cl3N2O+. The minimum absolute atomic E-state index is 0.179. The SMILES string of the molecule is CCc1ccc(C)[n+](CC(=O)Nc2cc(Cl)c(Cl)cc2Cl)c1. The molecule has 2 aromatic rings. The van der Waals surface area contributed by atoms with Gasteiger partial charge >= 0.3 is 0 Å². The molecule has 1 aromatic heterocycles. The molecule has 6 heteroatoms. The van der Waals surface area contributed by atoms with Crippen LogP contribution in [0, 0.1) is 6.92 Å². The van der Waals surface area contributed by atoms with Crippen LogP contribution >= 0.6 is 34.8 Å². The van der Waals surface area contributed by atoms with Gasteiger partial charge in [0.15, 0.2) is 11.9 Å². The first-order valence-corrected chi connectivity index (χ1v) is 7.97.